The topological polar surface area (TPSA) is 61.5 Å². The summed E-state index contributed by atoms with van der Waals surface area (Å²) in [7, 11) is 0. The third-order valence-corrected chi connectivity index (χ3v) is 6.01. The van der Waals surface area contributed by atoms with Gasteiger partial charge in [0.15, 0.2) is 0 Å². The van der Waals surface area contributed by atoms with Crippen LogP contribution in [0.4, 0.5) is 0 Å². The molecule has 1 saturated heterocycles. The van der Waals surface area contributed by atoms with Crippen LogP contribution in [-0.2, 0) is 6.54 Å². The summed E-state index contributed by atoms with van der Waals surface area (Å²) in [6.07, 6.45) is 0. The Morgan fingerprint density at radius 2 is 1.83 bits per heavy atom. The SMILES string of the molecule is Cc1c2cccc(C)c(=O)[nH]nc1-c1cc(CN3CCN(C(C)C)CC3)ccc1O2. The molecule has 1 aromatic heterocycles. The molecule has 0 atom stereocenters. The van der Waals surface area contributed by atoms with Crippen LogP contribution in [0, 0.1) is 13.8 Å². The van der Waals surface area contributed by atoms with Crippen molar-refractivity contribution in [3.8, 4) is 22.8 Å². The monoisotopic (exact) mass is 406 g/mol. The number of nitrogens with zero attached hydrogens (tertiary/aromatic N) is 3. The van der Waals surface area contributed by atoms with Crippen molar-refractivity contribution in [1.29, 1.82) is 0 Å². The number of hydrogen-bond acceptors (Lipinski definition) is 5. The van der Waals surface area contributed by atoms with Crippen molar-refractivity contribution in [1.82, 2.24) is 20.0 Å². The van der Waals surface area contributed by atoms with Crippen LogP contribution in [0.2, 0.25) is 0 Å². The highest BCUT2D eigenvalue weighted by molar-refractivity contribution is 5.75. The minimum Gasteiger partial charge on any atom is -0.456 e. The van der Waals surface area contributed by atoms with Crippen molar-refractivity contribution in [3.05, 3.63) is 63.4 Å². The van der Waals surface area contributed by atoms with E-state index in [0.717, 1.165) is 61.0 Å². The number of aromatic nitrogens is 2. The Bertz CT molecular complexity index is 1050. The zero-order valence-corrected chi connectivity index (χ0v) is 18.2. The Hall–Kier alpha value is -2.70. The van der Waals surface area contributed by atoms with E-state index in [0.29, 0.717) is 11.6 Å². The Labute approximate surface area is 177 Å². The molecule has 3 heterocycles. The molecule has 0 radical (unpaired) electrons. The number of fused-ring (bicyclic) bond motifs is 4. The number of nitrogens with one attached hydrogen (secondary N) is 1. The van der Waals surface area contributed by atoms with Crippen molar-refractivity contribution in [2.45, 2.75) is 40.3 Å². The smallest absolute Gasteiger partial charge is 0.267 e. The van der Waals surface area contributed by atoms with Gasteiger partial charge in [-0.1, -0.05) is 18.2 Å². The van der Waals surface area contributed by atoms with Crippen LogP contribution in [0.1, 0.15) is 30.5 Å². The number of ether oxygens (including phenoxy) is 1. The maximum Gasteiger partial charge on any atom is 0.267 e. The molecule has 1 aromatic carbocycles. The lowest BCUT2D eigenvalue weighted by atomic mass is 10.0. The van der Waals surface area contributed by atoms with Crippen molar-refractivity contribution < 1.29 is 4.74 Å². The Morgan fingerprint density at radius 1 is 1.07 bits per heavy atom. The lowest BCUT2D eigenvalue weighted by Crippen LogP contribution is -2.48. The predicted octanol–water partition coefficient (Wildman–Crippen LogP) is 3.81. The number of aryl methyl sites for hydroxylation is 1. The van der Waals surface area contributed by atoms with Gasteiger partial charge >= 0.3 is 0 Å². The van der Waals surface area contributed by atoms with E-state index in [9.17, 15) is 4.79 Å². The lowest BCUT2D eigenvalue weighted by Gasteiger charge is -2.37. The van der Waals surface area contributed by atoms with Gasteiger partial charge in [0.2, 0.25) is 0 Å². The molecular weight excluding hydrogens is 376 g/mol. The summed E-state index contributed by atoms with van der Waals surface area (Å²) in [5.41, 5.74) is 4.22. The van der Waals surface area contributed by atoms with Crippen molar-refractivity contribution >= 4 is 0 Å². The van der Waals surface area contributed by atoms with Gasteiger partial charge in [0, 0.05) is 55.5 Å². The highest BCUT2D eigenvalue weighted by Crippen LogP contribution is 2.41. The first-order chi connectivity index (χ1) is 14.4. The summed E-state index contributed by atoms with van der Waals surface area (Å²) < 4.78 is 6.14. The Morgan fingerprint density at radius 3 is 2.57 bits per heavy atom. The summed E-state index contributed by atoms with van der Waals surface area (Å²) >= 11 is 0. The molecule has 2 bridgehead atoms. The van der Waals surface area contributed by atoms with Gasteiger partial charge in [-0.3, -0.25) is 14.6 Å². The van der Waals surface area contributed by atoms with Crippen LogP contribution in [0.15, 0.2) is 41.2 Å². The first kappa shape index (κ1) is 20.6. The summed E-state index contributed by atoms with van der Waals surface area (Å²) in [6, 6.07) is 12.4. The summed E-state index contributed by atoms with van der Waals surface area (Å²) in [6.45, 7) is 13.5. The standard InChI is InChI=1S/C24H30N4O2/c1-16(2)28-12-10-27(11-13-28)15-19-8-9-22-20(14-19)23-18(4)21(30-22)7-5-6-17(3)24(29)26-25-23/h5-9,14,16H,10-13,15H2,1-4H3,(H,26,29). The van der Waals surface area contributed by atoms with E-state index < -0.39 is 0 Å². The molecule has 158 valence electrons. The van der Waals surface area contributed by atoms with E-state index >= 15 is 0 Å². The van der Waals surface area contributed by atoms with Gasteiger partial charge in [-0.05, 0) is 51.5 Å². The molecule has 2 aromatic rings. The summed E-state index contributed by atoms with van der Waals surface area (Å²) in [5, 5.41) is 7.15. The molecule has 0 amide bonds. The van der Waals surface area contributed by atoms with Crippen molar-refractivity contribution in [2.24, 2.45) is 0 Å². The number of hydrogen-bond donors (Lipinski definition) is 1. The maximum absolute atomic E-state index is 12.2. The van der Waals surface area contributed by atoms with Crippen molar-refractivity contribution in [3.63, 3.8) is 0 Å². The fourth-order valence-electron chi connectivity index (χ4n) is 4.01. The average molecular weight is 407 g/mol. The van der Waals surface area contributed by atoms with Gasteiger partial charge in [-0.2, -0.15) is 5.10 Å². The molecule has 6 nitrogen and oxygen atoms in total. The molecule has 1 N–H and O–H groups in total. The first-order valence-electron chi connectivity index (χ1n) is 10.6. The predicted molar refractivity (Wildman–Crippen MR) is 119 cm³/mol. The quantitative estimate of drug-likeness (QED) is 0.717. The molecule has 1 fully saturated rings. The van der Waals surface area contributed by atoms with E-state index in [2.05, 4.69) is 46.0 Å². The van der Waals surface area contributed by atoms with Gasteiger partial charge < -0.3 is 4.74 Å². The maximum atomic E-state index is 12.2. The molecule has 0 saturated carbocycles. The third kappa shape index (κ3) is 4.25. The molecule has 4 rings (SSSR count). The largest absolute Gasteiger partial charge is 0.456 e. The van der Waals surface area contributed by atoms with Gasteiger partial charge in [0.05, 0.1) is 0 Å². The zero-order valence-electron chi connectivity index (χ0n) is 18.2. The highest BCUT2D eigenvalue weighted by atomic mass is 16.5. The van der Waals surface area contributed by atoms with Crippen LogP contribution in [0.3, 0.4) is 0 Å². The molecule has 2 aliphatic rings. The molecule has 0 spiro atoms. The molecular formula is C24H30N4O2. The van der Waals surface area contributed by atoms with Gasteiger partial charge in [0.1, 0.15) is 17.2 Å². The minimum absolute atomic E-state index is 0.199. The molecule has 0 unspecified atom stereocenters. The second-order valence-electron chi connectivity index (χ2n) is 8.44. The third-order valence-electron chi connectivity index (χ3n) is 6.01. The van der Waals surface area contributed by atoms with Gasteiger partial charge in [0.25, 0.3) is 5.56 Å². The van der Waals surface area contributed by atoms with Crippen LogP contribution in [-0.4, -0.2) is 52.2 Å². The summed E-state index contributed by atoms with van der Waals surface area (Å²) in [4.78, 5) is 17.3. The van der Waals surface area contributed by atoms with E-state index in [-0.39, 0.29) is 5.56 Å². The van der Waals surface area contributed by atoms with E-state index in [4.69, 9.17) is 4.74 Å². The number of piperazine rings is 1. The van der Waals surface area contributed by atoms with E-state index in [1.165, 1.54) is 5.56 Å². The van der Waals surface area contributed by atoms with E-state index in [1.54, 1.807) is 13.0 Å². The van der Waals surface area contributed by atoms with Gasteiger partial charge in [-0.15, -0.1) is 0 Å². The van der Waals surface area contributed by atoms with Crippen molar-refractivity contribution in [2.75, 3.05) is 26.2 Å². The number of H-pyrrole nitrogens is 1. The second kappa shape index (κ2) is 8.58. The highest BCUT2D eigenvalue weighted by Gasteiger charge is 2.22. The normalized spacial score (nSPS) is 16.0. The molecule has 6 heteroatoms. The molecule has 30 heavy (non-hydrogen) atoms. The molecule has 0 aliphatic carbocycles. The first-order valence-corrected chi connectivity index (χ1v) is 10.6. The summed E-state index contributed by atoms with van der Waals surface area (Å²) in [5.74, 6) is 1.52. The van der Waals surface area contributed by atoms with Crippen LogP contribution in [0.5, 0.6) is 11.5 Å². The Balaban J connectivity index is 1.66. The number of aromatic amines is 1. The average Bonchev–Trinajstić information content (AvgIpc) is 2.73. The zero-order chi connectivity index (χ0) is 21.3. The van der Waals surface area contributed by atoms with Crippen LogP contribution < -0.4 is 10.3 Å². The van der Waals surface area contributed by atoms with Crippen LogP contribution in [0.25, 0.3) is 11.3 Å². The minimum atomic E-state index is -0.199. The number of benzene rings is 1. The number of rotatable bonds is 3. The fraction of sp³-hybridized carbons (Fsp3) is 0.417. The Kier molecular flexibility index (Phi) is 5.88. The van der Waals surface area contributed by atoms with E-state index in [1.807, 2.05) is 25.1 Å². The van der Waals surface area contributed by atoms with Gasteiger partial charge in [-0.25, -0.2) is 5.10 Å². The van der Waals surface area contributed by atoms with Crippen LogP contribution >= 0.6 is 0 Å². The fourth-order valence-corrected chi connectivity index (χ4v) is 4.01. The lowest BCUT2D eigenvalue weighted by molar-refractivity contribution is 0.104. The molecule has 2 aliphatic heterocycles. The second-order valence-corrected chi connectivity index (χ2v) is 8.44.